The summed E-state index contributed by atoms with van der Waals surface area (Å²) in [5, 5.41) is 44.5. The summed E-state index contributed by atoms with van der Waals surface area (Å²) >= 11 is 23.6. The molecule has 0 amide bonds. The number of aromatic hydroxyl groups is 2. The van der Waals surface area contributed by atoms with E-state index in [4.69, 9.17) is 46.4 Å². The molecule has 0 fully saturated rings. The number of carbonyl (C=O) groups is 2. The third-order valence-electron chi connectivity index (χ3n) is 4.04. The summed E-state index contributed by atoms with van der Waals surface area (Å²) in [5.74, 6) is -3.44. The van der Waals surface area contributed by atoms with Crippen LogP contribution in [0.15, 0.2) is 24.3 Å². The molecule has 162 valence electrons. The number of benzene rings is 2. The van der Waals surface area contributed by atoms with Crippen LogP contribution >= 0.6 is 46.4 Å². The van der Waals surface area contributed by atoms with E-state index in [1.165, 1.54) is 12.1 Å². The van der Waals surface area contributed by atoms with Crippen molar-refractivity contribution in [3.8, 4) is 11.5 Å². The van der Waals surface area contributed by atoms with E-state index >= 15 is 0 Å². The van der Waals surface area contributed by atoms with E-state index in [9.17, 15) is 30.0 Å². The number of carboxylic acids is 2. The third kappa shape index (κ3) is 5.81. The Morgan fingerprint density at radius 2 is 1.07 bits per heavy atom. The zero-order valence-corrected chi connectivity index (χ0v) is 18.0. The lowest BCUT2D eigenvalue weighted by Gasteiger charge is -2.20. The minimum absolute atomic E-state index is 0.0366. The van der Waals surface area contributed by atoms with Gasteiger partial charge in [-0.05, 0) is 24.3 Å². The van der Waals surface area contributed by atoms with E-state index in [-0.39, 0.29) is 44.3 Å². The van der Waals surface area contributed by atoms with Crippen molar-refractivity contribution in [3.63, 3.8) is 0 Å². The zero-order valence-electron chi connectivity index (χ0n) is 15.0. The molecule has 2 rings (SSSR count). The maximum Gasteiger partial charge on any atom is 0.325 e. The van der Waals surface area contributed by atoms with E-state index in [2.05, 4.69) is 10.6 Å². The number of halogens is 4. The zero-order chi connectivity index (χ0) is 22.6. The van der Waals surface area contributed by atoms with E-state index < -0.39 is 35.5 Å². The highest BCUT2D eigenvalue weighted by atomic mass is 35.5. The lowest BCUT2D eigenvalue weighted by Crippen LogP contribution is -2.37. The van der Waals surface area contributed by atoms with Gasteiger partial charge in [0.1, 0.15) is 23.6 Å². The first-order valence-electron chi connectivity index (χ1n) is 8.31. The predicted octanol–water partition coefficient (Wildman–Crippen LogP) is 3.84. The van der Waals surface area contributed by atoms with Gasteiger partial charge < -0.3 is 20.4 Å². The molecule has 0 radical (unpaired) electrons. The predicted molar refractivity (Wildman–Crippen MR) is 113 cm³/mol. The van der Waals surface area contributed by atoms with Crippen molar-refractivity contribution in [2.45, 2.75) is 12.1 Å². The second-order valence-corrected chi connectivity index (χ2v) is 7.78. The van der Waals surface area contributed by atoms with Crippen LogP contribution in [0.1, 0.15) is 23.2 Å². The maximum atomic E-state index is 11.6. The maximum absolute atomic E-state index is 11.6. The summed E-state index contributed by atoms with van der Waals surface area (Å²) in [6, 6.07) is 2.13. The van der Waals surface area contributed by atoms with Gasteiger partial charge in [0.2, 0.25) is 0 Å². The SMILES string of the molecule is O=C(O)C(NCCNC(C(=O)O)c1c(O)cc(Cl)cc1Cl)c1c(O)cc(Cl)cc1Cl. The number of carboxylic acid groups (broad SMARTS) is 2. The first-order valence-corrected chi connectivity index (χ1v) is 9.82. The fourth-order valence-electron chi connectivity index (χ4n) is 2.77. The Morgan fingerprint density at radius 3 is 1.33 bits per heavy atom. The molecule has 0 spiro atoms. The van der Waals surface area contributed by atoms with Crippen LogP contribution < -0.4 is 10.6 Å². The van der Waals surface area contributed by atoms with Gasteiger partial charge >= 0.3 is 11.9 Å². The number of hydrogen-bond acceptors (Lipinski definition) is 6. The lowest BCUT2D eigenvalue weighted by molar-refractivity contribution is -0.141. The molecule has 0 heterocycles. The van der Waals surface area contributed by atoms with Crippen molar-refractivity contribution in [1.82, 2.24) is 10.6 Å². The Hall–Kier alpha value is -1.94. The Labute approximate surface area is 190 Å². The molecular formula is C18H16Cl4N2O6. The van der Waals surface area contributed by atoms with Crippen LogP contribution in [0.25, 0.3) is 0 Å². The Kier molecular flexibility index (Phi) is 8.42. The molecule has 2 aromatic carbocycles. The van der Waals surface area contributed by atoms with Crippen molar-refractivity contribution < 1.29 is 30.0 Å². The number of rotatable bonds is 9. The molecule has 0 aliphatic rings. The van der Waals surface area contributed by atoms with Crippen LogP contribution in [-0.4, -0.2) is 45.5 Å². The average Bonchev–Trinajstić information content (AvgIpc) is 2.59. The van der Waals surface area contributed by atoms with Gasteiger partial charge in [-0.1, -0.05) is 46.4 Å². The molecule has 2 atom stereocenters. The van der Waals surface area contributed by atoms with Crippen LogP contribution in [0.5, 0.6) is 11.5 Å². The Balaban J connectivity index is 2.12. The number of phenols is 2. The summed E-state index contributed by atoms with van der Waals surface area (Å²) in [6.07, 6.45) is 0. The topological polar surface area (TPSA) is 139 Å². The van der Waals surface area contributed by atoms with Gasteiger partial charge in [-0.25, -0.2) is 0 Å². The minimum atomic E-state index is -1.38. The second-order valence-electron chi connectivity index (χ2n) is 6.09. The van der Waals surface area contributed by atoms with Crippen LogP contribution in [-0.2, 0) is 9.59 Å². The molecule has 8 nitrogen and oxygen atoms in total. The second kappa shape index (κ2) is 10.4. The van der Waals surface area contributed by atoms with Gasteiger partial charge in [0.05, 0.1) is 10.0 Å². The van der Waals surface area contributed by atoms with Crippen LogP contribution in [0.4, 0.5) is 0 Å². The van der Waals surface area contributed by atoms with E-state index in [0.29, 0.717) is 0 Å². The third-order valence-corrected chi connectivity index (χ3v) is 5.10. The molecular weight excluding hydrogens is 482 g/mol. The van der Waals surface area contributed by atoms with Gasteiger partial charge in [0.15, 0.2) is 0 Å². The highest BCUT2D eigenvalue weighted by Crippen LogP contribution is 2.36. The Bertz CT molecular complexity index is 848. The molecule has 30 heavy (non-hydrogen) atoms. The van der Waals surface area contributed by atoms with Gasteiger partial charge in [-0.3, -0.25) is 20.2 Å². The number of phenolic OH excluding ortho intramolecular Hbond substituents is 2. The van der Waals surface area contributed by atoms with E-state index in [1.54, 1.807) is 0 Å². The fourth-order valence-corrected chi connectivity index (χ4v) is 3.96. The minimum Gasteiger partial charge on any atom is -0.507 e. The van der Waals surface area contributed by atoms with Gasteiger partial charge in [0, 0.05) is 34.3 Å². The molecule has 0 saturated heterocycles. The highest BCUT2D eigenvalue weighted by Gasteiger charge is 2.28. The van der Waals surface area contributed by atoms with Gasteiger partial charge in [0.25, 0.3) is 0 Å². The van der Waals surface area contributed by atoms with E-state index in [0.717, 1.165) is 12.1 Å². The normalized spacial score (nSPS) is 13.1. The first kappa shape index (κ1) is 24.3. The highest BCUT2D eigenvalue weighted by molar-refractivity contribution is 6.36. The summed E-state index contributed by atoms with van der Waals surface area (Å²) in [7, 11) is 0. The molecule has 6 N–H and O–H groups in total. The first-order chi connectivity index (χ1) is 14.0. The summed E-state index contributed by atoms with van der Waals surface area (Å²) in [6.45, 7) is -0.0732. The molecule has 2 aromatic rings. The molecule has 2 unspecified atom stereocenters. The van der Waals surface area contributed by atoms with Crippen molar-refractivity contribution in [2.75, 3.05) is 13.1 Å². The monoisotopic (exact) mass is 496 g/mol. The standard InChI is InChI=1S/C18H16Cl4N2O6/c19-7-3-9(21)13(11(25)5-7)15(17(27)28)23-1-2-24-16(18(29)30)14-10(22)4-8(20)6-12(14)26/h3-6,15-16,23-26H,1-2H2,(H,27,28)(H,29,30). The number of aliphatic carboxylic acids is 2. The summed E-state index contributed by atoms with van der Waals surface area (Å²) in [4.78, 5) is 23.3. The summed E-state index contributed by atoms with van der Waals surface area (Å²) in [5.41, 5.74) is -0.163. The summed E-state index contributed by atoms with van der Waals surface area (Å²) < 4.78 is 0. The van der Waals surface area contributed by atoms with Crippen LogP contribution in [0, 0.1) is 0 Å². The molecule has 0 aliphatic heterocycles. The van der Waals surface area contributed by atoms with Gasteiger partial charge in [-0.15, -0.1) is 0 Å². The van der Waals surface area contributed by atoms with Crippen molar-refractivity contribution in [3.05, 3.63) is 55.5 Å². The molecule has 12 heteroatoms. The quantitative estimate of drug-likeness (QED) is 0.287. The average molecular weight is 498 g/mol. The van der Waals surface area contributed by atoms with Crippen molar-refractivity contribution in [1.29, 1.82) is 0 Å². The van der Waals surface area contributed by atoms with Crippen LogP contribution in [0.2, 0.25) is 20.1 Å². The smallest absolute Gasteiger partial charge is 0.325 e. The number of hydrogen-bond donors (Lipinski definition) is 6. The van der Waals surface area contributed by atoms with Crippen LogP contribution in [0.3, 0.4) is 0 Å². The van der Waals surface area contributed by atoms with Crippen molar-refractivity contribution in [2.24, 2.45) is 0 Å². The fraction of sp³-hybridized carbons (Fsp3) is 0.222. The molecule has 0 saturated carbocycles. The Morgan fingerprint density at radius 1 is 0.733 bits per heavy atom. The van der Waals surface area contributed by atoms with Crippen molar-refractivity contribution >= 4 is 58.3 Å². The molecule has 0 bridgehead atoms. The lowest BCUT2D eigenvalue weighted by atomic mass is 10.0. The molecule has 0 aliphatic carbocycles. The number of nitrogens with one attached hydrogen (secondary N) is 2. The molecule has 0 aromatic heterocycles. The largest absolute Gasteiger partial charge is 0.507 e. The van der Waals surface area contributed by atoms with Gasteiger partial charge in [-0.2, -0.15) is 0 Å². The van der Waals surface area contributed by atoms with E-state index in [1.807, 2.05) is 0 Å².